The summed E-state index contributed by atoms with van der Waals surface area (Å²) < 4.78 is 5.60. The van der Waals surface area contributed by atoms with Crippen molar-refractivity contribution in [3.63, 3.8) is 0 Å². The SMILES string of the molecule is CC(=O)OC1CC[C@@]2(C)[C@@H](CCC3=C4C(=O)C[C@H]([C@H](C)CCC=C(C)C)[C@@]4(C)CC[C@@H]32)C1. The lowest BCUT2D eigenvalue weighted by Crippen LogP contribution is -2.49. The number of hydrogen-bond acceptors (Lipinski definition) is 3. The van der Waals surface area contributed by atoms with Crippen molar-refractivity contribution in [2.24, 2.45) is 34.5 Å². The molecular formula is C29H44O3. The van der Waals surface area contributed by atoms with Gasteiger partial charge in [0.25, 0.3) is 0 Å². The highest BCUT2D eigenvalue weighted by Gasteiger charge is 2.58. The third-order valence-corrected chi connectivity index (χ3v) is 10.0. The second-order valence-corrected chi connectivity index (χ2v) is 12.2. The number of carbonyl (C=O) groups is 2. The summed E-state index contributed by atoms with van der Waals surface area (Å²) in [5.74, 6) is 2.55. The van der Waals surface area contributed by atoms with Gasteiger partial charge in [-0.1, -0.05) is 38.0 Å². The molecule has 0 aromatic rings. The first-order valence-corrected chi connectivity index (χ1v) is 13.1. The van der Waals surface area contributed by atoms with Gasteiger partial charge in [-0.25, -0.2) is 0 Å². The Bertz CT molecular complexity index is 831. The Morgan fingerprint density at radius 3 is 2.59 bits per heavy atom. The van der Waals surface area contributed by atoms with Crippen molar-refractivity contribution in [3.8, 4) is 0 Å². The van der Waals surface area contributed by atoms with Crippen molar-refractivity contribution in [2.45, 2.75) is 112 Å². The van der Waals surface area contributed by atoms with Gasteiger partial charge in [0, 0.05) is 18.9 Å². The molecule has 7 atom stereocenters. The number of fused-ring (bicyclic) bond motifs is 4. The van der Waals surface area contributed by atoms with E-state index in [1.807, 2.05) is 0 Å². The molecule has 0 bridgehead atoms. The molecule has 0 aliphatic heterocycles. The van der Waals surface area contributed by atoms with Crippen LogP contribution in [0.5, 0.6) is 0 Å². The van der Waals surface area contributed by atoms with Crippen molar-refractivity contribution in [3.05, 3.63) is 22.8 Å². The van der Waals surface area contributed by atoms with Crippen LogP contribution >= 0.6 is 0 Å². The molecule has 0 spiro atoms. The number of ether oxygens (including phenoxy) is 1. The largest absolute Gasteiger partial charge is 0.463 e. The lowest BCUT2D eigenvalue weighted by molar-refractivity contribution is -0.152. The monoisotopic (exact) mass is 440 g/mol. The molecule has 3 heteroatoms. The maximum absolute atomic E-state index is 13.5. The minimum Gasteiger partial charge on any atom is -0.463 e. The van der Waals surface area contributed by atoms with Crippen molar-refractivity contribution < 1.29 is 14.3 Å². The molecule has 0 aromatic heterocycles. The van der Waals surface area contributed by atoms with Crippen LogP contribution in [0.15, 0.2) is 22.8 Å². The molecule has 3 nitrogen and oxygen atoms in total. The average Bonchev–Trinajstić information content (AvgIpc) is 2.98. The second-order valence-electron chi connectivity index (χ2n) is 12.2. The molecule has 0 amide bonds. The van der Waals surface area contributed by atoms with E-state index in [0.29, 0.717) is 29.5 Å². The maximum Gasteiger partial charge on any atom is 0.302 e. The molecule has 4 rings (SSSR count). The van der Waals surface area contributed by atoms with Crippen LogP contribution in [-0.4, -0.2) is 17.9 Å². The van der Waals surface area contributed by atoms with Crippen molar-refractivity contribution in [1.82, 2.24) is 0 Å². The Labute approximate surface area is 195 Å². The Kier molecular flexibility index (Phi) is 6.51. The van der Waals surface area contributed by atoms with E-state index in [9.17, 15) is 9.59 Å². The van der Waals surface area contributed by atoms with Gasteiger partial charge < -0.3 is 4.74 Å². The van der Waals surface area contributed by atoms with Gasteiger partial charge in [-0.2, -0.15) is 0 Å². The fourth-order valence-corrected chi connectivity index (χ4v) is 8.33. The first-order valence-electron chi connectivity index (χ1n) is 13.1. The Hall–Kier alpha value is -1.38. The zero-order chi connectivity index (χ0) is 23.3. The lowest BCUT2D eigenvalue weighted by Gasteiger charge is -2.56. The Morgan fingerprint density at radius 1 is 1.16 bits per heavy atom. The maximum atomic E-state index is 13.5. The molecule has 3 fully saturated rings. The third kappa shape index (κ3) is 4.03. The zero-order valence-corrected chi connectivity index (χ0v) is 21.3. The van der Waals surface area contributed by atoms with Crippen LogP contribution in [0, 0.1) is 34.5 Å². The van der Waals surface area contributed by atoms with Gasteiger partial charge in [0.15, 0.2) is 5.78 Å². The summed E-state index contributed by atoms with van der Waals surface area (Å²) in [6.45, 7) is 13.2. The van der Waals surface area contributed by atoms with Crippen LogP contribution in [0.2, 0.25) is 0 Å². The fourth-order valence-electron chi connectivity index (χ4n) is 8.33. The van der Waals surface area contributed by atoms with E-state index in [1.165, 1.54) is 36.5 Å². The fraction of sp³-hybridized carbons (Fsp3) is 0.793. The van der Waals surface area contributed by atoms with Crippen LogP contribution in [0.4, 0.5) is 0 Å². The van der Waals surface area contributed by atoms with Gasteiger partial charge in [0.05, 0.1) is 0 Å². The average molecular weight is 441 g/mol. The van der Waals surface area contributed by atoms with Crippen LogP contribution < -0.4 is 0 Å². The smallest absolute Gasteiger partial charge is 0.302 e. The van der Waals surface area contributed by atoms with Crippen LogP contribution in [0.3, 0.4) is 0 Å². The molecule has 32 heavy (non-hydrogen) atoms. The van der Waals surface area contributed by atoms with Gasteiger partial charge in [-0.15, -0.1) is 0 Å². The highest BCUT2D eigenvalue weighted by Crippen LogP contribution is 2.65. The summed E-state index contributed by atoms with van der Waals surface area (Å²) in [6.07, 6.45) is 13.2. The molecule has 3 saturated carbocycles. The number of ketones is 1. The molecule has 4 aliphatic rings. The van der Waals surface area contributed by atoms with E-state index in [1.54, 1.807) is 0 Å². The van der Waals surface area contributed by atoms with Crippen LogP contribution in [-0.2, 0) is 14.3 Å². The topological polar surface area (TPSA) is 43.4 Å². The standard InChI is InChI=1S/C29H44O3/c1-18(2)8-7-9-19(3)25-17-26(31)27-23-11-10-21-16-22(32-20(4)30)12-14-28(21,5)24(23)13-15-29(25,27)6/h8,19,21-22,24-25H,7,9-17H2,1-6H3/t19-,21+,22?,24+,25-,28+,29-/m1/s1. The van der Waals surface area contributed by atoms with Crippen LogP contribution in [0.25, 0.3) is 0 Å². The predicted molar refractivity (Wildman–Crippen MR) is 129 cm³/mol. The molecule has 0 N–H and O–H groups in total. The van der Waals surface area contributed by atoms with Gasteiger partial charge >= 0.3 is 5.97 Å². The minimum atomic E-state index is -0.146. The van der Waals surface area contributed by atoms with Crippen molar-refractivity contribution in [2.75, 3.05) is 0 Å². The molecular weight excluding hydrogens is 396 g/mol. The quantitative estimate of drug-likeness (QED) is 0.335. The summed E-state index contributed by atoms with van der Waals surface area (Å²) in [4.78, 5) is 25.0. The molecule has 0 aromatic carbocycles. The summed E-state index contributed by atoms with van der Waals surface area (Å²) in [7, 11) is 0. The number of carbonyl (C=O) groups excluding carboxylic acids is 2. The molecule has 1 unspecified atom stereocenters. The third-order valence-electron chi connectivity index (χ3n) is 10.0. The number of hydrogen-bond donors (Lipinski definition) is 0. The molecule has 0 heterocycles. The van der Waals surface area contributed by atoms with E-state index >= 15 is 0 Å². The lowest BCUT2D eigenvalue weighted by atomic mass is 9.48. The number of rotatable bonds is 5. The minimum absolute atomic E-state index is 0.0748. The van der Waals surface area contributed by atoms with Gasteiger partial charge in [-0.05, 0) is 106 Å². The summed E-state index contributed by atoms with van der Waals surface area (Å²) in [6, 6.07) is 0. The first-order chi connectivity index (χ1) is 15.1. The van der Waals surface area contributed by atoms with E-state index < -0.39 is 0 Å². The van der Waals surface area contributed by atoms with Gasteiger partial charge in [-0.3, -0.25) is 9.59 Å². The zero-order valence-electron chi connectivity index (χ0n) is 21.3. The Morgan fingerprint density at radius 2 is 1.91 bits per heavy atom. The van der Waals surface area contributed by atoms with Crippen molar-refractivity contribution >= 4 is 11.8 Å². The van der Waals surface area contributed by atoms with E-state index in [2.05, 4.69) is 40.7 Å². The van der Waals surface area contributed by atoms with Crippen LogP contribution in [0.1, 0.15) is 106 Å². The van der Waals surface area contributed by atoms with E-state index in [4.69, 9.17) is 4.74 Å². The molecule has 4 aliphatic carbocycles. The summed E-state index contributed by atoms with van der Waals surface area (Å²) in [5, 5.41) is 0. The normalized spacial score (nSPS) is 39.6. The first kappa shape index (κ1) is 23.8. The molecule has 0 saturated heterocycles. The van der Waals surface area contributed by atoms with Crippen molar-refractivity contribution in [1.29, 1.82) is 0 Å². The van der Waals surface area contributed by atoms with E-state index in [0.717, 1.165) is 51.4 Å². The summed E-state index contributed by atoms with van der Waals surface area (Å²) >= 11 is 0. The number of allylic oxidation sites excluding steroid dienone is 4. The molecule has 178 valence electrons. The predicted octanol–water partition coefficient (Wildman–Crippen LogP) is 7.20. The Balaban J connectivity index is 1.57. The highest BCUT2D eigenvalue weighted by atomic mass is 16.5. The number of Topliss-reactive ketones (excluding diaryl/α,β-unsaturated/α-hetero) is 1. The number of esters is 1. The van der Waals surface area contributed by atoms with Gasteiger partial charge in [0.1, 0.15) is 6.10 Å². The summed E-state index contributed by atoms with van der Waals surface area (Å²) in [5.41, 5.74) is 4.52. The second kappa shape index (κ2) is 8.76. The highest BCUT2D eigenvalue weighted by molar-refractivity contribution is 6.00. The molecule has 0 radical (unpaired) electrons. The van der Waals surface area contributed by atoms with Gasteiger partial charge in [0.2, 0.25) is 0 Å². The van der Waals surface area contributed by atoms with E-state index in [-0.39, 0.29) is 22.9 Å².